The Morgan fingerprint density at radius 1 is 1.17 bits per heavy atom. The zero-order valence-electron chi connectivity index (χ0n) is 15.6. The molecule has 0 aliphatic rings. The van der Waals surface area contributed by atoms with E-state index in [0.29, 0.717) is 23.1 Å². The minimum absolute atomic E-state index is 0.00313. The predicted octanol–water partition coefficient (Wildman–Crippen LogP) is 4.17. The Hall–Kier alpha value is -3.56. The highest BCUT2D eigenvalue weighted by atomic mass is 19.4. The van der Waals surface area contributed by atoms with Crippen molar-refractivity contribution in [1.82, 2.24) is 19.7 Å². The van der Waals surface area contributed by atoms with Crippen LogP contribution >= 0.6 is 0 Å². The second-order valence-corrected chi connectivity index (χ2v) is 6.17. The summed E-state index contributed by atoms with van der Waals surface area (Å²) in [4.78, 5) is 7.79. The molecule has 1 aromatic carbocycles. The smallest absolute Gasteiger partial charge is 0.416 e. The summed E-state index contributed by atoms with van der Waals surface area (Å²) in [6.07, 6.45) is 0.00103. The molecular formula is C19H17F3N6O. The number of hydrogen-bond donors (Lipinski definition) is 2. The first-order valence-corrected chi connectivity index (χ1v) is 8.58. The van der Waals surface area contributed by atoms with Crippen molar-refractivity contribution in [3.63, 3.8) is 0 Å². The van der Waals surface area contributed by atoms with Crippen LogP contribution in [0, 0.1) is 17.7 Å². The maximum absolute atomic E-state index is 13.2. The van der Waals surface area contributed by atoms with E-state index in [1.54, 1.807) is 13.8 Å². The van der Waals surface area contributed by atoms with E-state index in [1.165, 1.54) is 30.9 Å². The van der Waals surface area contributed by atoms with Crippen molar-refractivity contribution in [3.8, 4) is 22.8 Å². The first-order valence-electron chi connectivity index (χ1n) is 8.58. The van der Waals surface area contributed by atoms with E-state index in [9.17, 15) is 13.2 Å². The van der Waals surface area contributed by atoms with Gasteiger partial charge in [0.1, 0.15) is 23.4 Å². The van der Waals surface area contributed by atoms with E-state index in [-0.39, 0.29) is 23.0 Å². The van der Waals surface area contributed by atoms with Gasteiger partial charge in [0.15, 0.2) is 0 Å². The molecule has 3 aromatic rings. The monoisotopic (exact) mass is 402 g/mol. The number of nitrogens with zero attached hydrogens (tertiary/aromatic N) is 4. The molecule has 0 fully saturated rings. The van der Waals surface area contributed by atoms with Gasteiger partial charge in [0.2, 0.25) is 5.88 Å². The minimum Gasteiger partial charge on any atom is -0.437 e. The van der Waals surface area contributed by atoms with Gasteiger partial charge in [0, 0.05) is 35.5 Å². The van der Waals surface area contributed by atoms with Crippen molar-refractivity contribution in [2.24, 2.45) is 0 Å². The summed E-state index contributed by atoms with van der Waals surface area (Å²) in [5.41, 5.74) is 0.370. The largest absolute Gasteiger partial charge is 0.437 e. The first-order chi connectivity index (χ1) is 13.7. The lowest BCUT2D eigenvalue weighted by atomic mass is 10.0. The van der Waals surface area contributed by atoms with E-state index >= 15 is 0 Å². The lowest BCUT2D eigenvalue weighted by Crippen LogP contribution is -2.29. The third-order valence-electron chi connectivity index (χ3n) is 4.09. The standard InChI is InChI=1S/C19H17F3N6O/c1-3-16(23)28-17(24)6-11(2)18(27-28)29-15-7-13(19(20,21)22)4-5-14(15)12-8-25-10-26-9-12/h4-10,23-24H,3H2,1-2H3. The third-order valence-corrected chi connectivity index (χ3v) is 4.09. The van der Waals surface area contributed by atoms with Crippen molar-refractivity contribution in [1.29, 1.82) is 10.8 Å². The summed E-state index contributed by atoms with van der Waals surface area (Å²) in [5.74, 6) is -0.0327. The Bertz CT molecular complexity index is 1110. The molecule has 0 atom stereocenters. The van der Waals surface area contributed by atoms with Gasteiger partial charge in [-0.15, -0.1) is 5.10 Å². The van der Waals surface area contributed by atoms with Gasteiger partial charge >= 0.3 is 6.18 Å². The Labute approximate surface area is 163 Å². The second kappa shape index (κ2) is 7.82. The molecule has 2 heterocycles. The molecule has 0 bridgehead atoms. The molecule has 0 spiro atoms. The van der Waals surface area contributed by atoms with Crippen molar-refractivity contribution in [2.45, 2.75) is 26.4 Å². The minimum atomic E-state index is -4.55. The highest BCUT2D eigenvalue weighted by Gasteiger charge is 2.31. The van der Waals surface area contributed by atoms with Crippen LogP contribution in [-0.4, -0.2) is 25.6 Å². The number of aromatic nitrogens is 4. The first kappa shape index (κ1) is 20.2. The number of alkyl halides is 3. The number of ether oxygens (including phenoxy) is 1. The van der Waals surface area contributed by atoms with Crippen molar-refractivity contribution < 1.29 is 17.9 Å². The van der Waals surface area contributed by atoms with Crippen LogP contribution in [0.2, 0.25) is 0 Å². The van der Waals surface area contributed by atoms with Gasteiger partial charge in [-0.05, 0) is 31.2 Å². The molecule has 0 aliphatic carbocycles. The van der Waals surface area contributed by atoms with Crippen LogP contribution < -0.4 is 10.2 Å². The normalized spacial score (nSPS) is 11.3. The number of benzene rings is 1. The summed E-state index contributed by atoms with van der Waals surface area (Å²) in [6, 6.07) is 4.56. The fraction of sp³-hybridized carbons (Fsp3) is 0.211. The molecule has 0 amide bonds. The van der Waals surface area contributed by atoms with Crippen LogP contribution in [0.5, 0.6) is 11.6 Å². The van der Waals surface area contributed by atoms with Crippen LogP contribution in [0.1, 0.15) is 24.5 Å². The maximum Gasteiger partial charge on any atom is 0.416 e. The van der Waals surface area contributed by atoms with Gasteiger partial charge in [-0.25, -0.2) is 9.97 Å². The maximum atomic E-state index is 13.2. The van der Waals surface area contributed by atoms with Crippen LogP contribution in [0.4, 0.5) is 13.2 Å². The molecule has 2 N–H and O–H groups in total. The average Bonchev–Trinajstić information content (AvgIpc) is 2.69. The SMILES string of the molecule is CCC(=N)n1nc(Oc2cc(C(F)(F)F)ccc2-c2cncnc2)c(C)cc1=N. The lowest BCUT2D eigenvalue weighted by Gasteiger charge is -2.16. The van der Waals surface area contributed by atoms with Crippen LogP contribution in [0.15, 0.2) is 43.0 Å². The van der Waals surface area contributed by atoms with E-state index in [2.05, 4.69) is 15.1 Å². The second-order valence-electron chi connectivity index (χ2n) is 6.17. The van der Waals surface area contributed by atoms with E-state index < -0.39 is 11.7 Å². The Balaban J connectivity index is 2.15. The van der Waals surface area contributed by atoms with E-state index in [1.807, 2.05) is 0 Å². The summed E-state index contributed by atoms with van der Waals surface area (Å²) in [5, 5.41) is 20.0. The summed E-state index contributed by atoms with van der Waals surface area (Å²) < 4.78 is 46.5. The van der Waals surface area contributed by atoms with E-state index in [0.717, 1.165) is 16.8 Å². The number of aryl methyl sites for hydroxylation is 1. The summed E-state index contributed by atoms with van der Waals surface area (Å²) >= 11 is 0. The van der Waals surface area contributed by atoms with Crippen molar-refractivity contribution >= 4 is 5.84 Å². The number of hydrogen-bond acceptors (Lipinski definition) is 6. The zero-order valence-corrected chi connectivity index (χ0v) is 15.6. The van der Waals surface area contributed by atoms with E-state index in [4.69, 9.17) is 15.6 Å². The van der Waals surface area contributed by atoms with Gasteiger partial charge in [-0.3, -0.25) is 10.8 Å². The average molecular weight is 402 g/mol. The number of halogens is 3. The Morgan fingerprint density at radius 3 is 2.48 bits per heavy atom. The highest BCUT2D eigenvalue weighted by molar-refractivity contribution is 5.80. The molecule has 10 heteroatoms. The fourth-order valence-corrected chi connectivity index (χ4v) is 2.57. The molecule has 7 nitrogen and oxygen atoms in total. The van der Waals surface area contributed by atoms with Crippen LogP contribution in [0.3, 0.4) is 0 Å². The molecule has 3 rings (SSSR count). The van der Waals surface area contributed by atoms with Gasteiger partial charge in [-0.1, -0.05) is 6.92 Å². The Morgan fingerprint density at radius 2 is 1.86 bits per heavy atom. The molecule has 29 heavy (non-hydrogen) atoms. The lowest BCUT2D eigenvalue weighted by molar-refractivity contribution is -0.137. The molecular weight excluding hydrogens is 385 g/mol. The fourth-order valence-electron chi connectivity index (χ4n) is 2.57. The van der Waals surface area contributed by atoms with Gasteiger partial charge < -0.3 is 4.74 Å². The Kier molecular flexibility index (Phi) is 5.44. The van der Waals surface area contributed by atoms with Crippen LogP contribution in [0.25, 0.3) is 11.1 Å². The summed E-state index contributed by atoms with van der Waals surface area (Å²) in [7, 11) is 0. The molecule has 0 saturated carbocycles. The molecule has 150 valence electrons. The summed E-state index contributed by atoms with van der Waals surface area (Å²) in [6.45, 7) is 3.36. The molecule has 0 unspecified atom stereocenters. The van der Waals surface area contributed by atoms with Gasteiger partial charge in [-0.2, -0.15) is 17.9 Å². The van der Waals surface area contributed by atoms with Crippen molar-refractivity contribution in [3.05, 3.63) is 59.6 Å². The highest BCUT2D eigenvalue weighted by Crippen LogP contribution is 2.38. The molecule has 0 aliphatic heterocycles. The predicted molar refractivity (Wildman–Crippen MR) is 98.8 cm³/mol. The molecule has 0 saturated heterocycles. The number of rotatable bonds is 4. The van der Waals surface area contributed by atoms with Gasteiger partial charge in [0.05, 0.1) is 5.56 Å². The molecule has 0 radical (unpaired) electrons. The topological polar surface area (TPSA) is 101 Å². The third kappa shape index (κ3) is 4.31. The number of nitrogens with one attached hydrogen (secondary N) is 2. The zero-order chi connectivity index (χ0) is 21.2. The van der Waals surface area contributed by atoms with Crippen LogP contribution in [-0.2, 0) is 6.18 Å². The van der Waals surface area contributed by atoms with Gasteiger partial charge in [0.25, 0.3) is 0 Å². The molecule has 2 aromatic heterocycles. The quantitative estimate of drug-likeness (QED) is 0.505. The van der Waals surface area contributed by atoms with Crippen molar-refractivity contribution in [2.75, 3.05) is 0 Å².